The molecule has 2 N–H and O–H groups in total. The molecule has 0 unspecified atom stereocenters. The number of benzene rings is 1. The molecule has 0 saturated heterocycles. The van der Waals surface area contributed by atoms with Crippen molar-refractivity contribution in [3.05, 3.63) is 42.1 Å². The summed E-state index contributed by atoms with van der Waals surface area (Å²) >= 11 is 0. The van der Waals surface area contributed by atoms with E-state index in [2.05, 4.69) is 11.7 Å². The minimum Gasteiger partial charge on any atom is -0.507 e. The Morgan fingerprint density at radius 1 is 1.44 bits per heavy atom. The lowest BCUT2D eigenvalue weighted by Gasteiger charge is -2.06. The van der Waals surface area contributed by atoms with Crippen LogP contribution in [0.1, 0.15) is 18.1 Å². The van der Waals surface area contributed by atoms with Crippen LogP contribution in [0.25, 0.3) is 16.8 Å². The number of aliphatic hydroxyl groups is 1. The average molecular weight is 244 g/mol. The number of hydrogen-bond acceptors (Lipinski definition) is 3. The predicted octanol–water partition coefficient (Wildman–Crippen LogP) is 2.32. The van der Waals surface area contributed by atoms with Crippen molar-refractivity contribution in [1.82, 2.24) is 9.78 Å². The van der Waals surface area contributed by atoms with Crippen molar-refractivity contribution in [2.75, 3.05) is 0 Å². The Morgan fingerprint density at radius 3 is 2.78 bits per heavy atom. The summed E-state index contributed by atoms with van der Waals surface area (Å²) in [7, 11) is 1.82. The minimum atomic E-state index is -0.0669. The summed E-state index contributed by atoms with van der Waals surface area (Å²) in [5.74, 6) is 0.147. The molecule has 1 aromatic heterocycles. The summed E-state index contributed by atoms with van der Waals surface area (Å²) < 4.78 is 1.68. The first kappa shape index (κ1) is 12.4. The number of aromatic nitrogens is 2. The third-order valence-corrected chi connectivity index (χ3v) is 2.79. The summed E-state index contributed by atoms with van der Waals surface area (Å²) in [5, 5.41) is 23.5. The zero-order valence-electron chi connectivity index (χ0n) is 10.5. The number of rotatable bonds is 3. The van der Waals surface area contributed by atoms with Crippen LogP contribution in [0.2, 0.25) is 0 Å². The van der Waals surface area contributed by atoms with Gasteiger partial charge in [-0.2, -0.15) is 5.10 Å². The SMILES string of the molecule is C=C(C)c1cn(C)nc1-c1cc(CO)ccc1O. The van der Waals surface area contributed by atoms with E-state index in [0.29, 0.717) is 11.3 Å². The average Bonchev–Trinajstić information content (AvgIpc) is 2.72. The van der Waals surface area contributed by atoms with E-state index in [4.69, 9.17) is 5.11 Å². The maximum atomic E-state index is 9.94. The lowest BCUT2D eigenvalue weighted by molar-refractivity contribution is 0.282. The van der Waals surface area contributed by atoms with E-state index in [1.165, 1.54) is 0 Å². The number of allylic oxidation sites excluding steroid dienone is 1. The van der Waals surface area contributed by atoms with E-state index < -0.39 is 0 Å². The van der Waals surface area contributed by atoms with Gasteiger partial charge in [0.1, 0.15) is 11.4 Å². The van der Waals surface area contributed by atoms with Crippen LogP contribution in [-0.2, 0) is 13.7 Å². The largest absolute Gasteiger partial charge is 0.507 e. The molecule has 4 nitrogen and oxygen atoms in total. The molecule has 0 aliphatic carbocycles. The molecule has 1 heterocycles. The summed E-state index contributed by atoms with van der Waals surface area (Å²) in [5.41, 5.74) is 3.80. The smallest absolute Gasteiger partial charge is 0.125 e. The van der Waals surface area contributed by atoms with Gasteiger partial charge in [-0.05, 0) is 30.2 Å². The van der Waals surface area contributed by atoms with E-state index in [1.54, 1.807) is 22.9 Å². The molecule has 94 valence electrons. The Morgan fingerprint density at radius 2 is 2.17 bits per heavy atom. The molecule has 0 amide bonds. The molecular formula is C14H16N2O2. The van der Waals surface area contributed by atoms with Gasteiger partial charge in [-0.3, -0.25) is 4.68 Å². The highest BCUT2D eigenvalue weighted by Gasteiger charge is 2.14. The van der Waals surface area contributed by atoms with Gasteiger partial charge in [0, 0.05) is 24.4 Å². The van der Waals surface area contributed by atoms with Crippen LogP contribution in [0.5, 0.6) is 5.75 Å². The molecule has 0 atom stereocenters. The number of nitrogens with zero attached hydrogens (tertiary/aromatic N) is 2. The maximum absolute atomic E-state index is 9.94. The Kier molecular flexibility index (Phi) is 3.21. The van der Waals surface area contributed by atoms with Crippen LogP contribution in [0, 0.1) is 0 Å². The zero-order chi connectivity index (χ0) is 13.3. The van der Waals surface area contributed by atoms with Gasteiger partial charge in [0.15, 0.2) is 0 Å². The highest BCUT2D eigenvalue weighted by atomic mass is 16.3. The number of aromatic hydroxyl groups is 1. The van der Waals surface area contributed by atoms with Crippen LogP contribution in [0.4, 0.5) is 0 Å². The van der Waals surface area contributed by atoms with Gasteiger partial charge >= 0.3 is 0 Å². The molecule has 0 aliphatic heterocycles. The highest BCUT2D eigenvalue weighted by molar-refractivity contribution is 5.80. The molecule has 2 aromatic rings. The first-order valence-corrected chi connectivity index (χ1v) is 5.65. The Bertz CT molecular complexity index is 600. The van der Waals surface area contributed by atoms with Crippen LogP contribution >= 0.6 is 0 Å². The van der Waals surface area contributed by atoms with Gasteiger partial charge in [-0.15, -0.1) is 0 Å². The van der Waals surface area contributed by atoms with Crippen LogP contribution in [0.3, 0.4) is 0 Å². The van der Waals surface area contributed by atoms with Crippen molar-refractivity contribution in [3.63, 3.8) is 0 Å². The molecule has 1 aromatic carbocycles. The molecule has 2 rings (SSSR count). The monoisotopic (exact) mass is 244 g/mol. The van der Waals surface area contributed by atoms with Crippen molar-refractivity contribution in [1.29, 1.82) is 0 Å². The van der Waals surface area contributed by atoms with Gasteiger partial charge in [-0.25, -0.2) is 0 Å². The molecule has 0 bridgehead atoms. The van der Waals surface area contributed by atoms with Gasteiger partial charge in [0.2, 0.25) is 0 Å². The predicted molar refractivity (Wildman–Crippen MR) is 70.9 cm³/mol. The van der Waals surface area contributed by atoms with E-state index in [0.717, 1.165) is 16.7 Å². The van der Waals surface area contributed by atoms with E-state index in [-0.39, 0.29) is 12.4 Å². The fourth-order valence-electron chi connectivity index (χ4n) is 1.87. The molecular weight excluding hydrogens is 228 g/mol. The van der Waals surface area contributed by atoms with Crippen LogP contribution in [0.15, 0.2) is 31.0 Å². The van der Waals surface area contributed by atoms with E-state index >= 15 is 0 Å². The van der Waals surface area contributed by atoms with E-state index in [1.807, 2.05) is 20.2 Å². The summed E-state index contributed by atoms with van der Waals surface area (Å²) in [6, 6.07) is 4.99. The van der Waals surface area contributed by atoms with Crippen molar-refractivity contribution in [2.45, 2.75) is 13.5 Å². The maximum Gasteiger partial charge on any atom is 0.125 e. The number of phenolic OH excluding ortho intramolecular Hbond substituents is 1. The Hall–Kier alpha value is -2.07. The third-order valence-electron chi connectivity index (χ3n) is 2.79. The second-order valence-corrected chi connectivity index (χ2v) is 4.35. The molecule has 4 heteroatoms. The second-order valence-electron chi connectivity index (χ2n) is 4.35. The topological polar surface area (TPSA) is 58.3 Å². The van der Waals surface area contributed by atoms with Crippen LogP contribution in [-0.4, -0.2) is 20.0 Å². The minimum absolute atomic E-state index is 0.0669. The third kappa shape index (κ3) is 2.15. The molecule has 18 heavy (non-hydrogen) atoms. The van der Waals surface area contributed by atoms with Gasteiger partial charge in [-0.1, -0.05) is 12.6 Å². The van der Waals surface area contributed by atoms with Crippen molar-refractivity contribution in [3.8, 4) is 17.0 Å². The quantitative estimate of drug-likeness (QED) is 0.871. The van der Waals surface area contributed by atoms with Crippen molar-refractivity contribution < 1.29 is 10.2 Å². The van der Waals surface area contributed by atoms with Crippen molar-refractivity contribution >= 4 is 5.57 Å². The molecule has 0 spiro atoms. The second kappa shape index (κ2) is 4.66. The number of aliphatic hydroxyl groups excluding tert-OH is 1. The number of aryl methyl sites for hydroxylation is 1. The van der Waals surface area contributed by atoms with Gasteiger partial charge in [0.05, 0.1) is 6.61 Å². The summed E-state index contributed by atoms with van der Waals surface area (Å²) in [6.07, 6.45) is 1.86. The lowest BCUT2D eigenvalue weighted by Crippen LogP contribution is -1.90. The van der Waals surface area contributed by atoms with E-state index in [9.17, 15) is 5.11 Å². The molecule has 0 radical (unpaired) electrons. The normalized spacial score (nSPS) is 10.6. The first-order chi connectivity index (χ1) is 8.52. The zero-order valence-corrected chi connectivity index (χ0v) is 10.5. The fraction of sp³-hybridized carbons (Fsp3) is 0.214. The molecule has 0 aliphatic rings. The highest BCUT2D eigenvalue weighted by Crippen LogP contribution is 2.33. The summed E-state index contributed by atoms with van der Waals surface area (Å²) in [4.78, 5) is 0. The van der Waals surface area contributed by atoms with Gasteiger partial charge < -0.3 is 10.2 Å². The lowest BCUT2D eigenvalue weighted by atomic mass is 10.0. The van der Waals surface area contributed by atoms with Gasteiger partial charge in [0.25, 0.3) is 0 Å². The fourth-order valence-corrected chi connectivity index (χ4v) is 1.87. The number of hydrogen-bond donors (Lipinski definition) is 2. The number of phenols is 1. The first-order valence-electron chi connectivity index (χ1n) is 5.65. The van der Waals surface area contributed by atoms with Crippen molar-refractivity contribution in [2.24, 2.45) is 7.05 Å². The molecule has 0 saturated carbocycles. The molecule has 0 fully saturated rings. The Balaban J connectivity index is 2.64. The summed E-state index contributed by atoms with van der Waals surface area (Å²) in [6.45, 7) is 5.74. The standard InChI is InChI=1S/C14H16N2O2/c1-9(2)12-7-16(3)15-14(12)11-6-10(8-17)4-5-13(11)18/h4-7,17-18H,1,8H2,2-3H3. The van der Waals surface area contributed by atoms with Crippen LogP contribution < -0.4 is 0 Å². The Labute approximate surface area is 106 Å².